The molecule has 0 heterocycles. The molecule has 1 unspecified atom stereocenters. The van der Waals surface area contributed by atoms with Gasteiger partial charge in [0.05, 0.1) is 26.4 Å². The van der Waals surface area contributed by atoms with Crippen LogP contribution in [-0.4, -0.2) is 75.8 Å². The minimum atomic E-state index is -3.17. The molecule has 1 atom stereocenters. The number of carbonyl (C=O) groups excluding carboxylic acids is 1. The summed E-state index contributed by atoms with van der Waals surface area (Å²) in [5, 5.41) is 12.5. The largest absolute Gasteiger partial charge is 0.386 e. The van der Waals surface area contributed by atoms with Crippen molar-refractivity contribution in [2.45, 2.75) is 19.4 Å². The number of hydrogen-bond acceptors (Lipinski definition) is 4. The van der Waals surface area contributed by atoms with Crippen LogP contribution in [0.5, 0.6) is 0 Å². The maximum Gasteiger partial charge on any atom is 0.246 e. The van der Waals surface area contributed by atoms with Crippen LogP contribution >= 0.6 is 0 Å². The topological polar surface area (TPSA) is 83.5 Å². The molecule has 0 aliphatic heterocycles. The molecule has 0 radical (unpaired) electrons. The van der Waals surface area contributed by atoms with E-state index in [4.69, 9.17) is 0 Å². The third-order valence-electron chi connectivity index (χ3n) is 2.81. The highest BCUT2D eigenvalue weighted by Gasteiger charge is 2.23. The van der Waals surface area contributed by atoms with E-state index in [1.807, 2.05) is 14.1 Å². The molecule has 118 valence electrons. The molecule has 0 saturated carbocycles. The van der Waals surface area contributed by atoms with Gasteiger partial charge < -0.3 is 14.9 Å². The zero-order valence-corrected chi connectivity index (χ0v) is 13.7. The molecular weight excluding hydrogens is 280 g/mol. The summed E-state index contributed by atoms with van der Waals surface area (Å²) in [4.78, 5) is 11.3. The maximum atomic E-state index is 11.3. The monoisotopic (exact) mass is 307 g/mol. The second-order valence-electron chi connectivity index (χ2n) is 5.98. The number of sulfone groups is 1. The Kier molecular flexibility index (Phi) is 7.40. The molecule has 1 amide bonds. The summed E-state index contributed by atoms with van der Waals surface area (Å²) >= 11 is 0. The summed E-state index contributed by atoms with van der Waals surface area (Å²) in [6, 6.07) is 0. The Balaban J connectivity index is 4.07. The van der Waals surface area contributed by atoms with Crippen LogP contribution in [0.3, 0.4) is 0 Å². The molecule has 0 spiro atoms. The van der Waals surface area contributed by atoms with Crippen LogP contribution in [-0.2, 0) is 14.6 Å². The predicted molar refractivity (Wildman–Crippen MR) is 80.0 cm³/mol. The number of aliphatic hydroxyl groups excluding tert-OH is 1. The van der Waals surface area contributed by atoms with Crippen molar-refractivity contribution in [1.29, 1.82) is 0 Å². The first kappa shape index (κ1) is 19.1. The number of nitrogens with one attached hydrogen (secondary N) is 1. The number of aliphatic hydroxyl groups is 1. The highest BCUT2D eigenvalue weighted by atomic mass is 32.2. The van der Waals surface area contributed by atoms with Gasteiger partial charge in [-0.25, -0.2) is 8.42 Å². The van der Waals surface area contributed by atoms with Crippen molar-refractivity contribution >= 4 is 15.7 Å². The van der Waals surface area contributed by atoms with Crippen molar-refractivity contribution in [2.24, 2.45) is 0 Å². The molecule has 0 saturated heterocycles. The Morgan fingerprint density at radius 2 is 1.95 bits per heavy atom. The molecule has 6 nitrogen and oxygen atoms in total. The van der Waals surface area contributed by atoms with Gasteiger partial charge in [-0.1, -0.05) is 6.58 Å². The molecule has 0 fully saturated rings. The lowest BCUT2D eigenvalue weighted by atomic mass is 10.2. The normalized spacial score (nSPS) is 13.8. The zero-order valence-electron chi connectivity index (χ0n) is 12.8. The average molecular weight is 307 g/mol. The lowest BCUT2D eigenvalue weighted by Gasteiger charge is -2.31. The molecule has 0 aliphatic carbocycles. The van der Waals surface area contributed by atoms with Crippen LogP contribution in [0.15, 0.2) is 12.2 Å². The first-order valence-corrected chi connectivity index (χ1v) is 8.60. The Bertz CT molecular complexity index is 443. The summed E-state index contributed by atoms with van der Waals surface area (Å²) in [5.74, 6) is -0.381. The molecule has 7 heteroatoms. The van der Waals surface area contributed by atoms with Crippen molar-refractivity contribution in [3.8, 4) is 0 Å². The number of rotatable bonds is 9. The lowest BCUT2D eigenvalue weighted by Crippen LogP contribution is -2.48. The van der Waals surface area contributed by atoms with Crippen LogP contribution in [0.2, 0.25) is 0 Å². The zero-order chi connectivity index (χ0) is 16.0. The highest BCUT2D eigenvalue weighted by Crippen LogP contribution is 2.03. The Morgan fingerprint density at radius 3 is 2.40 bits per heavy atom. The lowest BCUT2D eigenvalue weighted by molar-refractivity contribution is -0.893. The number of amides is 1. The smallest absolute Gasteiger partial charge is 0.246 e. The quantitative estimate of drug-likeness (QED) is 0.343. The number of likely N-dealkylation sites (N-methyl/N-ethyl adjacent to an activating group) is 1. The number of nitrogens with zero attached hydrogens (tertiary/aromatic N) is 1. The van der Waals surface area contributed by atoms with Crippen molar-refractivity contribution < 1.29 is 22.8 Å². The summed E-state index contributed by atoms with van der Waals surface area (Å²) in [5.41, 5.74) is 0.474. The molecule has 2 N–H and O–H groups in total. The molecule has 0 rings (SSSR count). The first-order chi connectivity index (χ1) is 8.93. The van der Waals surface area contributed by atoms with Gasteiger partial charge >= 0.3 is 0 Å². The number of hydrogen-bond donors (Lipinski definition) is 2. The SMILES string of the molecule is C=C(C)C(=O)NCCC[N+](C)(C)CC(O)CS(C)(=O)=O. The van der Waals surface area contributed by atoms with Gasteiger partial charge in [-0.15, -0.1) is 0 Å². The van der Waals surface area contributed by atoms with Crippen molar-refractivity contribution in [3.05, 3.63) is 12.2 Å². The fourth-order valence-corrected chi connectivity index (χ4v) is 2.73. The molecule has 0 bridgehead atoms. The van der Waals surface area contributed by atoms with Crippen LogP contribution in [0, 0.1) is 0 Å². The minimum Gasteiger partial charge on any atom is -0.386 e. The van der Waals surface area contributed by atoms with E-state index >= 15 is 0 Å². The second-order valence-corrected chi connectivity index (χ2v) is 8.16. The number of carbonyl (C=O) groups is 1. The van der Waals surface area contributed by atoms with Crippen LogP contribution < -0.4 is 5.32 Å². The van der Waals surface area contributed by atoms with Gasteiger partial charge in [-0.05, 0) is 6.92 Å². The van der Waals surface area contributed by atoms with Gasteiger partial charge in [0.25, 0.3) is 0 Å². The molecule has 0 aliphatic rings. The van der Waals surface area contributed by atoms with E-state index in [9.17, 15) is 18.3 Å². The van der Waals surface area contributed by atoms with E-state index in [1.54, 1.807) is 6.92 Å². The molecular formula is C13H27N2O4S+. The average Bonchev–Trinajstić information content (AvgIpc) is 2.19. The van der Waals surface area contributed by atoms with Gasteiger partial charge in [0.15, 0.2) is 0 Å². The van der Waals surface area contributed by atoms with E-state index in [2.05, 4.69) is 11.9 Å². The van der Waals surface area contributed by atoms with E-state index in [0.717, 1.165) is 19.2 Å². The molecule has 0 aromatic rings. The van der Waals surface area contributed by atoms with Crippen molar-refractivity contribution in [2.75, 3.05) is 45.7 Å². The maximum absolute atomic E-state index is 11.3. The van der Waals surface area contributed by atoms with E-state index in [1.165, 1.54) is 0 Å². The first-order valence-electron chi connectivity index (χ1n) is 6.54. The summed E-state index contributed by atoms with van der Waals surface area (Å²) in [6.07, 6.45) is 0.992. The predicted octanol–water partition coefficient (Wildman–Crippen LogP) is -0.449. The third kappa shape index (κ3) is 9.94. The third-order valence-corrected chi connectivity index (χ3v) is 3.80. The van der Waals surface area contributed by atoms with E-state index in [-0.39, 0.29) is 11.7 Å². The van der Waals surface area contributed by atoms with Crippen molar-refractivity contribution in [1.82, 2.24) is 5.32 Å². The Hall–Kier alpha value is -0.920. The standard InChI is InChI=1S/C13H26N2O4S/c1-11(2)13(17)14-7-6-8-15(3,4)9-12(16)10-20(5,18)19/h12,16H,1,6-10H2,2-5H3/p+1. The van der Waals surface area contributed by atoms with E-state index < -0.39 is 15.9 Å². The van der Waals surface area contributed by atoms with Gasteiger partial charge in [0.1, 0.15) is 22.5 Å². The van der Waals surface area contributed by atoms with Crippen LogP contribution in [0.25, 0.3) is 0 Å². The minimum absolute atomic E-state index is 0.160. The van der Waals surface area contributed by atoms with E-state index in [0.29, 0.717) is 23.1 Å². The number of quaternary nitrogens is 1. The van der Waals surface area contributed by atoms with Crippen molar-refractivity contribution in [3.63, 3.8) is 0 Å². The summed E-state index contributed by atoms with van der Waals surface area (Å²) < 4.78 is 22.7. The summed E-state index contributed by atoms with van der Waals surface area (Å²) in [6.45, 7) is 6.83. The van der Waals surface area contributed by atoms with Crippen LogP contribution in [0.1, 0.15) is 13.3 Å². The highest BCUT2D eigenvalue weighted by molar-refractivity contribution is 7.90. The van der Waals surface area contributed by atoms with Gasteiger partial charge in [-0.2, -0.15) is 0 Å². The van der Waals surface area contributed by atoms with Gasteiger partial charge in [-0.3, -0.25) is 4.79 Å². The van der Waals surface area contributed by atoms with Gasteiger partial charge in [0.2, 0.25) is 5.91 Å². The molecule has 0 aromatic heterocycles. The Morgan fingerprint density at radius 1 is 1.40 bits per heavy atom. The fraction of sp³-hybridized carbons (Fsp3) is 0.769. The second kappa shape index (κ2) is 7.75. The summed E-state index contributed by atoms with van der Waals surface area (Å²) in [7, 11) is 0.677. The van der Waals surface area contributed by atoms with Crippen LogP contribution in [0.4, 0.5) is 0 Å². The molecule has 0 aromatic carbocycles. The molecule has 20 heavy (non-hydrogen) atoms. The Labute approximate surface area is 122 Å². The fourth-order valence-electron chi connectivity index (χ4n) is 1.92. The van der Waals surface area contributed by atoms with Gasteiger partial charge in [0, 0.05) is 24.8 Å².